The largest absolute Gasteiger partial charge is 0.444 e. The molecule has 128 valence electrons. The van der Waals surface area contributed by atoms with Gasteiger partial charge in [-0.2, -0.15) is 0 Å². The summed E-state index contributed by atoms with van der Waals surface area (Å²) in [5.41, 5.74) is 1.51. The second-order valence-corrected chi connectivity index (χ2v) is 7.15. The van der Waals surface area contributed by atoms with Gasteiger partial charge in [0.2, 0.25) is 0 Å². The average molecular weight is 320 g/mol. The molecule has 0 atom stereocenters. The summed E-state index contributed by atoms with van der Waals surface area (Å²) < 4.78 is 5.41. The van der Waals surface area contributed by atoms with Gasteiger partial charge in [-0.3, -0.25) is 0 Å². The van der Waals surface area contributed by atoms with Crippen LogP contribution in [0.5, 0.6) is 0 Å². The summed E-state index contributed by atoms with van der Waals surface area (Å²) in [6, 6.07) is 7.83. The van der Waals surface area contributed by atoms with Crippen LogP contribution in [0, 0.1) is 5.92 Å². The number of aliphatic hydroxyl groups is 1. The number of ether oxygens (including phenoxy) is 1. The number of hydrogen-bond acceptors (Lipinski definition) is 4. The van der Waals surface area contributed by atoms with Crippen LogP contribution < -0.4 is 5.32 Å². The molecular weight excluding hydrogens is 292 g/mol. The van der Waals surface area contributed by atoms with E-state index in [1.807, 2.05) is 45.0 Å². The van der Waals surface area contributed by atoms with E-state index in [0.29, 0.717) is 5.92 Å². The summed E-state index contributed by atoms with van der Waals surface area (Å²) in [4.78, 5) is 13.8. The summed E-state index contributed by atoms with van der Waals surface area (Å²) >= 11 is 0. The highest BCUT2D eigenvalue weighted by molar-refractivity contribution is 5.68. The molecule has 1 aromatic rings. The van der Waals surface area contributed by atoms with Crippen LogP contribution >= 0.6 is 0 Å². The molecule has 5 nitrogen and oxygen atoms in total. The van der Waals surface area contributed by atoms with Crippen molar-refractivity contribution in [3.63, 3.8) is 0 Å². The zero-order valence-corrected chi connectivity index (χ0v) is 14.3. The summed E-state index contributed by atoms with van der Waals surface area (Å²) in [5, 5.41) is 12.6. The number of nitrogens with zero attached hydrogens (tertiary/aromatic N) is 1. The van der Waals surface area contributed by atoms with Crippen LogP contribution in [0.25, 0.3) is 0 Å². The Labute approximate surface area is 138 Å². The molecule has 1 heterocycles. The second kappa shape index (κ2) is 7.68. The van der Waals surface area contributed by atoms with Gasteiger partial charge in [0.1, 0.15) is 5.60 Å². The normalized spacial score (nSPS) is 16.3. The third kappa shape index (κ3) is 5.75. The first kappa shape index (κ1) is 17.6. The number of carbonyl (C=O) groups is 1. The molecule has 1 aliphatic rings. The Bertz CT molecular complexity index is 517. The fraction of sp³-hybridized carbons (Fsp3) is 0.611. The van der Waals surface area contributed by atoms with E-state index in [-0.39, 0.29) is 12.7 Å². The molecule has 1 saturated heterocycles. The zero-order valence-electron chi connectivity index (χ0n) is 14.3. The number of amides is 1. The van der Waals surface area contributed by atoms with Gasteiger partial charge in [0.15, 0.2) is 0 Å². The van der Waals surface area contributed by atoms with Crippen molar-refractivity contribution in [3.8, 4) is 0 Å². The van der Waals surface area contributed by atoms with Gasteiger partial charge in [-0.15, -0.1) is 0 Å². The maximum absolute atomic E-state index is 12.0. The standard InChI is InChI=1S/C18H28N2O3/c1-18(2,3)23-17(22)20-9-7-14(8-10-20)12-19-16-6-4-5-15(11-16)13-21/h4-6,11,14,19,21H,7-10,12-13H2,1-3H3. The quantitative estimate of drug-likeness (QED) is 0.894. The van der Waals surface area contributed by atoms with Crippen molar-refractivity contribution in [2.75, 3.05) is 25.0 Å². The molecule has 1 amide bonds. The smallest absolute Gasteiger partial charge is 0.410 e. The number of nitrogens with one attached hydrogen (secondary N) is 1. The Balaban J connectivity index is 1.75. The number of likely N-dealkylation sites (tertiary alicyclic amines) is 1. The lowest BCUT2D eigenvalue weighted by Gasteiger charge is -2.33. The van der Waals surface area contributed by atoms with Crippen LogP contribution in [-0.4, -0.2) is 41.3 Å². The number of carbonyl (C=O) groups excluding carboxylic acids is 1. The van der Waals surface area contributed by atoms with E-state index in [2.05, 4.69) is 5.32 Å². The van der Waals surface area contributed by atoms with Crippen LogP contribution in [0.15, 0.2) is 24.3 Å². The number of aliphatic hydroxyl groups excluding tert-OH is 1. The molecule has 0 spiro atoms. The van der Waals surface area contributed by atoms with E-state index in [1.165, 1.54) is 0 Å². The molecule has 2 rings (SSSR count). The number of benzene rings is 1. The highest BCUT2D eigenvalue weighted by Crippen LogP contribution is 2.20. The Morgan fingerprint density at radius 2 is 2.04 bits per heavy atom. The zero-order chi connectivity index (χ0) is 16.9. The van der Waals surface area contributed by atoms with Crippen molar-refractivity contribution in [1.82, 2.24) is 4.90 Å². The Hall–Kier alpha value is -1.75. The summed E-state index contributed by atoms with van der Waals surface area (Å²) in [6.07, 6.45) is 1.75. The summed E-state index contributed by atoms with van der Waals surface area (Å²) in [6.45, 7) is 8.11. The molecule has 1 fully saturated rings. The second-order valence-electron chi connectivity index (χ2n) is 7.15. The van der Waals surface area contributed by atoms with Gasteiger partial charge >= 0.3 is 6.09 Å². The fourth-order valence-electron chi connectivity index (χ4n) is 2.69. The van der Waals surface area contributed by atoms with Gasteiger partial charge in [0, 0.05) is 25.3 Å². The lowest BCUT2D eigenvalue weighted by molar-refractivity contribution is 0.0188. The predicted octanol–water partition coefficient (Wildman–Crippen LogP) is 3.24. The van der Waals surface area contributed by atoms with Gasteiger partial charge in [-0.05, 0) is 57.2 Å². The molecule has 23 heavy (non-hydrogen) atoms. The van der Waals surface area contributed by atoms with Gasteiger partial charge in [-0.1, -0.05) is 12.1 Å². The Morgan fingerprint density at radius 1 is 1.35 bits per heavy atom. The van der Waals surface area contributed by atoms with Gasteiger partial charge < -0.3 is 20.1 Å². The highest BCUT2D eigenvalue weighted by atomic mass is 16.6. The molecule has 5 heteroatoms. The Kier molecular flexibility index (Phi) is 5.88. The molecule has 2 N–H and O–H groups in total. The van der Waals surface area contributed by atoms with E-state index in [4.69, 9.17) is 9.84 Å². The van der Waals surface area contributed by atoms with E-state index in [9.17, 15) is 4.79 Å². The molecular formula is C18H28N2O3. The van der Waals surface area contributed by atoms with Crippen molar-refractivity contribution in [1.29, 1.82) is 0 Å². The molecule has 0 radical (unpaired) electrons. The van der Waals surface area contributed by atoms with Gasteiger partial charge in [-0.25, -0.2) is 4.79 Å². The van der Waals surface area contributed by atoms with Crippen LogP contribution in [0.3, 0.4) is 0 Å². The molecule has 0 unspecified atom stereocenters. The fourth-order valence-corrected chi connectivity index (χ4v) is 2.69. The first-order chi connectivity index (χ1) is 10.9. The molecule has 0 saturated carbocycles. The highest BCUT2D eigenvalue weighted by Gasteiger charge is 2.26. The van der Waals surface area contributed by atoms with Crippen LogP contribution in [0.2, 0.25) is 0 Å². The summed E-state index contributed by atoms with van der Waals surface area (Å²) in [5.74, 6) is 0.548. The minimum Gasteiger partial charge on any atom is -0.444 e. The van der Waals surface area contributed by atoms with Crippen LogP contribution in [0.1, 0.15) is 39.2 Å². The predicted molar refractivity (Wildman–Crippen MR) is 91.4 cm³/mol. The number of piperidine rings is 1. The van der Waals surface area contributed by atoms with Gasteiger partial charge in [0.05, 0.1) is 6.61 Å². The van der Waals surface area contributed by atoms with E-state index >= 15 is 0 Å². The van der Waals surface area contributed by atoms with Gasteiger partial charge in [0.25, 0.3) is 0 Å². The first-order valence-corrected chi connectivity index (χ1v) is 8.29. The summed E-state index contributed by atoms with van der Waals surface area (Å²) in [7, 11) is 0. The molecule has 0 aromatic heterocycles. The van der Waals surface area contributed by atoms with Crippen LogP contribution in [0.4, 0.5) is 10.5 Å². The minimum atomic E-state index is -0.437. The average Bonchev–Trinajstić information content (AvgIpc) is 2.52. The lowest BCUT2D eigenvalue weighted by Crippen LogP contribution is -2.42. The molecule has 0 bridgehead atoms. The number of hydrogen-bond donors (Lipinski definition) is 2. The monoisotopic (exact) mass is 320 g/mol. The molecule has 1 aromatic carbocycles. The topological polar surface area (TPSA) is 61.8 Å². The first-order valence-electron chi connectivity index (χ1n) is 8.29. The molecule has 0 aliphatic carbocycles. The van der Waals surface area contributed by atoms with Crippen molar-refractivity contribution in [3.05, 3.63) is 29.8 Å². The third-order valence-corrected chi connectivity index (χ3v) is 3.97. The van der Waals surface area contributed by atoms with E-state index in [0.717, 1.165) is 43.7 Å². The van der Waals surface area contributed by atoms with E-state index in [1.54, 1.807) is 4.90 Å². The Morgan fingerprint density at radius 3 is 2.65 bits per heavy atom. The van der Waals surface area contributed by atoms with Crippen molar-refractivity contribution >= 4 is 11.8 Å². The maximum atomic E-state index is 12.0. The van der Waals surface area contributed by atoms with E-state index < -0.39 is 5.60 Å². The van der Waals surface area contributed by atoms with Crippen molar-refractivity contribution in [2.45, 2.75) is 45.8 Å². The lowest BCUT2D eigenvalue weighted by atomic mass is 9.97. The number of rotatable bonds is 4. The van der Waals surface area contributed by atoms with Crippen molar-refractivity contribution < 1.29 is 14.6 Å². The number of anilines is 1. The molecule has 1 aliphatic heterocycles. The van der Waals surface area contributed by atoms with Crippen LogP contribution in [-0.2, 0) is 11.3 Å². The maximum Gasteiger partial charge on any atom is 0.410 e. The van der Waals surface area contributed by atoms with Crippen molar-refractivity contribution in [2.24, 2.45) is 5.92 Å². The SMILES string of the molecule is CC(C)(C)OC(=O)N1CCC(CNc2cccc(CO)c2)CC1. The third-order valence-electron chi connectivity index (χ3n) is 3.97. The minimum absolute atomic E-state index is 0.0593.